The third-order valence-corrected chi connectivity index (χ3v) is 3.22. The normalized spacial score (nSPS) is 10.5. The average Bonchev–Trinajstić information content (AvgIpc) is 2.46. The van der Waals surface area contributed by atoms with Crippen molar-refractivity contribution in [1.82, 2.24) is 5.06 Å². The van der Waals surface area contributed by atoms with Crippen LogP contribution in [0.25, 0.3) is 10.8 Å². The highest BCUT2D eigenvalue weighted by molar-refractivity contribution is 7.80. The lowest BCUT2D eigenvalue weighted by molar-refractivity contribution is -0.174. The summed E-state index contributed by atoms with van der Waals surface area (Å²) in [5.74, 6) is 0.0176. The fourth-order valence-electron chi connectivity index (χ4n) is 1.67. The quantitative estimate of drug-likeness (QED) is 0.626. The Kier molecular flexibility index (Phi) is 4.75. The maximum absolute atomic E-state index is 11.5. The molecular weight excluding hydrogens is 286 g/mol. The van der Waals surface area contributed by atoms with Crippen LogP contribution in [0.2, 0.25) is 0 Å². The van der Waals surface area contributed by atoms with Gasteiger partial charge in [0.15, 0.2) is 0 Å². The van der Waals surface area contributed by atoms with E-state index in [0.717, 1.165) is 15.8 Å². The van der Waals surface area contributed by atoms with Crippen molar-refractivity contribution in [3.8, 4) is 5.75 Å². The Balaban J connectivity index is 2.05. The number of nitrogens with zero attached hydrogens (tertiary/aromatic N) is 1. The first-order chi connectivity index (χ1) is 9.97. The monoisotopic (exact) mass is 303 g/mol. The molecule has 0 saturated heterocycles. The molecule has 5 heteroatoms. The second-order valence-corrected chi connectivity index (χ2v) is 5.29. The molecular formula is C16H17NO3S. The molecule has 2 rings (SSSR count). The number of hydrogen-bond donors (Lipinski definition) is 0. The number of thiocarbonyl (C=S) groups is 1. The van der Waals surface area contributed by atoms with Gasteiger partial charge < -0.3 is 9.57 Å². The van der Waals surface area contributed by atoms with E-state index in [0.29, 0.717) is 5.75 Å². The lowest BCUT2D eigenvalue weighted by atomic mass is 10.1. The van der Waals surface area contributed by atoms with Crippen LogP contribution in [-0.4, -0.2) is 23.3 Å². The van der Waals surface area contributed by atoms with E-state index in [1.165, 1.54) is 0 Å². The van der Waals surface area contributed by atoms with Crippen molar-refractivity contribution in [2.45, 2.75) is 13.8 Å². The smallest absolute Gasteiger partial charge is 0.335 e. The van der Waals surface area contributed by atoms with Crippen molar-refractivity contribution < 1.29 is 14.4 Å². The van der Waals surface area contributed by atoms with Gasteiger partial charge in [-0.15, -0.1) is 0 Å². The Labute approximate surface area is 129 Å². The van der Waals surface area contributed by atoms with Gasteiger partial charge in [-0.1, -0.05) is 44.2 Å². The van der Waals surface area contributed by atoms with Gasteiger partial charge >= 0.3 is 5.97 Å². The van der Waals surface area contributed by atoms with Gasteiger partial charge in [-0.05, 0) is 35.1 Å². The molecule has 0 atom stereocenters. The van der Waals surface area contributed by atoms with Crippen LogP contribution in [0.4, 0.5) is 0 Å². The van der Waals surface area contributed by atoms with Crippen molar-refractivity contribution in [2.24, 2.45) is 5.92 Å². The minimum atomic E-state index is -0.359. The Bertz CT molecular complexity index is 669. The largest absolute Gasteiger partial charge is 0.430 e. The SMILES string of the molecule is CC(C)C(=O)ON(C)C(=S)Oc1ccc2ccccc2c1. The van der Waals surface area contributed by atoms with E-state index in [9.17, 15) is 4.79 Å². The second-order valence-electron chi connectivity index (χ2n) is 4.94. The maximum Gasteiger partial charge on any atom is 0.335 e. The standard InChI is InChI=1S/C16H17NO3S/c1-11(2)15(18)20-17(3)16(21)19-14-9-8-12-6-4-5-7-13(12)10-14/h4-11H,1-3H3. The van der Waals surface area contributed by atoms with Gasteiger partial charge in [0.1, 0.15) is 5.75 Å². The maximum atomic E-state index is 11.5. The van der Waals surface area contributed by atoms with Crippen LogP contribution in [0, 0.1) is 5.92 Å². The highest BCUT2D eigenvalue weighted by atomic mass is 32.1. The minimum absolute atomic E-state index is 0.0827. The van der Waals surface area contributed by atoms with Gasteiger partial charge in [-0.3, -0.25) is 0 Å². The van der Waals surface area contributed by atoms with Gasteiger partial charge in [0.05, 0.1) is 5.92 Å². The predicted octanol–water partition coefficient (Wildman–Crippen LogP) is 3.55. The van der Waals surface area contributed by atoms with Crippen molar-refractivity contribution in [2.75, 3.05) is 7.05 Å². The number of rotatable bonds is 2. The van der Waals surface area contributed by atoms with Crippen LogP contribution < -0.4 is 4.74 Å². The predicted molar refractivity (Wildman–Crippen MR) is 85.9 cm³/mol. The summed E-state index contributed by atoms with van der Waals surface area (Å²) in [5, 5.41) is 3.42. The van der Waals surface area contributed by atoms with Crippen LogP contribution in [0.15, 0.2) is 42.5 Å². The molecule has 0 N–H and O–H groups in total. The first-order valence-corrected chi connectivity index (χ1v) is 7.04. The van der Waals surface area contributed by atoms with Gasteiger partial charge in [-0.2, -0.15) is 5.06 Å². The molecule has 0 saturated carbocycles. The zero-order valence-corrected chi connectivity index (χ0v) is 13.0. The molecule has 0 aliphatic rings. The Morgan fingerprint density at radius 1 is 1.14 bits per heavy atom. The molecule has 4 nitrogen and oxygen atoms in total. The number of ether oxygens (including phenoxy) is 1. The molecule has 0 aliphatic carbocycles. The molecule has 0 spiro atoms. The topological polar surface area (TPSA) is 38.8 Å². The van der Waals surface area contributed by atoms with Gasteiger partial charge in [0.25, 0.3) is 5.17 Å². The van der Waals surface area contributed by atoms with E-state index in [1.54, 1.807) is 20.9 Å². The van der Waals surface area contributed by atoms with Gasteiger partial charge in [-0.25, -0.2) is 4.79 Å². The Morgan fingerprint density at radius 2 is 1.81 bits per heavy atom. The van der Waals surface area contributed by atoms with E-state index in [-0.39, 0.29) is 17.1 Å². The van der Waals surface area contributed by atoms with Crippen LogP contribution >= 0.6 is 12.2 Å². The van der Waals surface area contributed by atoms with Crippen molar-refractivity contribution in [3.63, 3.8) is 0 Å². The van der Waals surface area contributed by atoms with Gasteiger partial charge in [0, 0.05) is 7.05 Å². The summed E-state index contributed by atoms with van der Waals surface area (Å²) in [6.45, 7) is 3.51. The molecule has 0 bridgehead atoms. The van der Waals surface area contributed by atoms with E-state index in [1.807, 2.05) is 42.5 Å². The number of carbonyl (C=O) groups excluding carboxylic acids is 1. The van der Waals surface area contributed by atoms with Crippen LogP contribution in [0.3, 0.4) is 0 Å². The van der Waals surface area contributed by atoms with E-state index in [2.05, 4.69) is 0 Å². The van der Waals surface area contributed by atoms with Crippen molar-refractivity contribution >= 4 is 34.1 Å². The fraction of sp³-hybridized carbons (Fsp3) is 0.250. The minimum Gasteiger partial charge on any atom is -0.430 e. The molecule has 2 aromatic rings. The van der Waals surface area contributed by atoms with E-state index in [4.69, 9.17) is 21.8 Å². The van der Waals surface area contributed by atoms with Gasteiger partial charge in [0.2, 0.25) is 0 Å². The lowest BCUT2D eigenvalue weighted by Crippen LogP contribution is -2.33. The summed E-state index contributed by atoms with van der Waals surface area (Å²) < 4.78 is 5.55. The highest BCUT2D eigenvalue weighted by Gasteiger charge is 2.15. The first-order valence-electron chi connectivity index (χ1n) is 6.63. The third-order valence-electron chi connectivity index (χ3n) is 2.88. The number of benzene rings is 2. The summed E-state index contributed by atoms with van der Waals surface area (Å²) in [6, 6.07) is 13.6. The number of fused-ring (bicyclic) bond motifs is 1. The summed E-state index contributed by atoms with van der Waals surface area (Å²) in [7, 11) is 1.55. The average molecular weight is 303 g/mol. The fourth-order valence-corrected chi connectivity index (χ4v) is 1.81. The highest BCUT2D eigenvalue weighted by Crippen LogP contribution is 2.21. The third kappa shape index (κ3) is 3.92. The van der Waals surface area contributed by atoms with Crippen LogP contribution in [-0.2, 0) is 9.63 Å². The second kappa shape index (κ2) is 6.54. The van der Waals surface area contributed by atoms with Crippen LogP contribution in [0.1, 0.15) is 13.8 Å². The molecule has 2 aromatic carbocycles. The zero-order chi connectivity index (χ0) is 15.4. The number of carbonyl (C=O) groups is 1. The van der Waals surface area contributed by atoms with E-state index < -0.39 is 0 Å². The summed E-state index contributed by atoms with van der Waals surface area (Å²) in [6.07, 6.45) is 0. The summed E-state index contributed by atoms with van der Waals surface area (Å²) in [5.41, 5.74) is 0. The number of hydroxylamine groups is 2. The molecule has 110 valence electrons. The Hall–Kier alpha value is -2.14. The molecule has 0 amide bonds. The molecule has 0 fully saturated rings. The number of hydrogen-bond acceptors (Lipinski definition) is 4. The molecule has 21 heavy (non-hydrogen) atoms. The van der Waals surface area contributed by atoms with Crippen molar-refractivity contribution in [3.05, 3.63) is 42.5 Å². The van der Waals surface area contributed by atoms with E-state index >= 15 is 0 Å². The molecule has 0 radical (unpaired) electrons. The molecule has 0 unspecified atom stereocenters. The zero-order valence-electron chi connectivity index (χ0n) is 12.2. The van der Waals surface area contributed by atoms with Crippen molar-refractivity contribution in [1.29, 1.82) is 0 Å². The first kappa shape index (κ1) is 15.3. The Morgan fingerprint density at radius 3 is 2.48 bits per heavy atom. The summed E-state index contributed by atoms with van der Waals surface area (Å²) >= 11 is 5.11. The molecule has 0 aromatic heterocycles. The molecule has 0 aliphatic heterocycles. The van der Waals surface area contributed by atoms with Crippen LogP contribution in [0.5, 0.6) is 5.75 Å². The summed E-state index contributed by atoms with van der Waals surface area (Å²) in [4.78, 5) is 16.6. The lowest BCUT2D eigenvalue weighted by Gasteiger charge is -2.19. The molecule has 0 heterocycles.